The van der Waals surface area contributed by atoms with Crippen LogP contribution in [0.5, 0.6) is 0 Å². The Hall–Kier alpha value is -2.02. The van der Waals surface area contributed by atoms with Crippen LogP contribution in [0.15, 0.2) is 0 Å². The molecule has 1 heterocycles. The minimum Gasteiger partial charge on any atom is -0.465 e. The molecule has 1 aliphatic heterocycles. The molecule has 0 amide bonds. The van der Waals surface area contributed by atoms with Crippen molar-refractivity contribution in [3.63, 3.8) is 0 Å². The van der Waals surface area contributed by atoms with Crippen LogP contribution in [0, 0.1) is 28.6 Å². The van der Waals surface area contributed by atoms with Crippen LogP contribution in [0.4, 0.5) is 22.0 Å². The van der Waals surface area contributed by atoms with E-state index in [2.05, 4.69) is 0 Å². The predicted octanol–water partition coefficient (Wildman–Crippen LogP) is 4.19. The van der Waals surface area contributed by atoms with Crippen molar-refractivity contribution in [3.05, 3.63) is 0 Å². The number of hydrogen-bond donors (Lipinski definition) is 0. The molecule has 4 aliphatic carbocycles. The van der Waals surface area contributed by atoms with Gasteiger partial charge in [0.1, 0.15) is 19.6 Å². The van der Waals surface area contributed by atoms with E-state index in [1.54, 1.807) is 6.92 Å². The SMILES string of the molecule is CCC(=O)OCC1(COC(=O)CC(F)(F)F)COC2(OC1)C1CC3CC2CC(C(=O)OCC(C)(F)F)(C3)C1. The summed E-state index contributed by atoms with van der Waals surface area (Å²) in [6.07, 6.45) is -3.77. The van der Waals surface area contributed by atoms with Crippen LogP contribution in [-0.2, 0) is 38.1 Å². The second-order valence-corrected chi connectivity index (χ2v) is 11.5. The van der Waals surface area contributed by atoms with Gasteiger partial charge in [0.05, 0.1) is 24.0 Å². The zero-order chi connectivity index (χ0) is 28.0. The van der Waals surface area contributed by atoms with Gasteiger partial charge in [-0.3, -0.25) is 14.4 Å². The quantitative estimate of drug-likeness (QED) is 0.237. The van der Waals surface area contributed by atoms with Gasteiger partial charge < -0.3 is 23.7 Å². The van der Waals surface area contributed by atoms with E-state index in [-0.39, 0.29) is 44.0 Å². The molecule has 0 N–H and O–H groups in total. The van der Waals surface area contributed by atoms with Crippen LogP contribution in [0.3, 0.4) is 0 Å². The van der Waals surface area contributed by atoms with Gasteiger partial charge in [-0.1, -0.05) is 6.92 Å². The number of esters is 3. The molecule has 4 bridgehead atoms. The summed E-state index contributed by atoms with van der Waals surface area (Å²) >= 11 is 0. The number of rotatable bonds is 9. The fourth-order valence-electron chi connectivity index (χ4n) is 6.60. The van der Waals surface area contributed by atoms with Crippen LogP contribution in [0.1, 0.15) is 58.8 Å². The summed E-state index contributed by atoms with van der Waals surface area (Å²) in [7, 11) is 0. The molecular formula is C25H33F5O8. The van der Waals surface area contributed by atoms with Crippen LogP contribution in [-0.4, -0.2) is 68.8 Å². The van der Waals surface area contributed by atoms with Gasteiger partial charge in [-0.25, -0.2) is 8.78 Å². The highest BCUT2D eigenvalue weighted by molar-refractivity contribution is 5.77. The Morgan fingerprint density at radius 3 is 1.92 bits per heavy atom. The maximum atomic E-state index is 13.3. The summed E-state index contributed by atoms with van der Waals surface area (Å²) in [6, 6.07) is 0. The van der Waals surface area contributed by atoms with Crippen molar-refractivity contribution in [3.8, 4) is 0 Å². The highest BCUT2D eigenvalue weighted by Gasteiger charge is 2.68. The fourth-order valence-corrected chi connectivity index (χ4v) is 6.60. The van der Waals surface area contributed by atoms with E-state index >= 15 is 0 Å². The average molecular weight is 557 g/mol. The first-order valence-electron chi connectivity index (χ1n) is 12.8. The Bertz CT molecular complexity index is 904. The highest BCUT2D eigenvalue weighted by atomic mass is 19.4. The molecule has 2 atom stereocenters. The van der Waals surface area contributed by atoms with Gasteiger partial charge in [0.2, 0.25) is 0 Å². The van der Waals surface area contributed by atoms with Gasteiger partial charge in [0.25, 0.3) is 5.92 Å². The molecule has 38 heavy (non-hydrogen) atoms. The van der Waals surface area contributed by atoms with Gasteiger partial charge in [-0.05, 0) is 38.0 Å². The number of ether oxygens (including phenoxy) is 5. The lowest BCUT2D eigenvalue weighted by atomic mass is 9.47. The summed E-state index contributed by atoms with van der Waals surface area (Å²) in [4.78, 5) is 36.4. The summed E-state index contributed by atoms with van der Waals surface area (Å²) in [5, 5.41) is 0. The average Bonchev–Trinajstić information content (AvgIpc) is 2.82. The molecule has 5 aliphatic rings. The first-order chi connectivity index (χ1) is 17.6. The second kappa shape index (κ2) is 10.2. The van der Waals surface area contributed by atoms with Gasteiger partial charge in [0.15, 0.2) is 12.4 Å². The monoisotopic (exact) mass is 556 g/mol. The van der Waals surface area contributed by atoms with Gasteiger partial charge in [-0.2, -0.15) is 13.2 Å². The van der Waals surface area contributed by atoms with Crippen molar-refractivity contribution in [2.75, 3.05) is 33.0 Å². The van der Waals surface area contributed by atoms with Crippen LogP contribution >= 0.6 is 0 Å². The molecule has 1 saturated heterocycles. The molecule has 216 valence electrons. The van der Waals surface area contributed by atoms with E-state index in [0.29, 0.717) is 39.0 Å². The summed E-state index contributed by atoms with van der Waals surface area (Å²) in [5.41, 5.74) is -2.10. The lowest BCUT2D eigenvalue weighted by Crippen LogP contribution is -2.68. The number of carbonyl (C=O) groups excluding carboxylic acids is 3. The predicted molar refractivity (Wildman–Crippen MR) is 118 cm³/mol. The number of halogens is 5. The third-order valence-corrected chi connectivity index (χ3v) is 8.14. The zero-order valence-electron chi connectivity index (χ0n) is 21.4. The third kappa shape index (κ3) is 6.08. The van der Waals surface area contributed by atoms with E-state index in [4.69, 9.17) is 23.7 Å². The van der Waals surface area contributed by atoms with Crippen LogP contribution in [0.25, 0.3) is 0 Å². The lowest BCUT2D eigenvalue weighted by Gasteiger charge is -2.64. The van der Waals surface area contributed by atoms with E-state index in [1.165, 1.54) is 0 Å². The van der Waals surface area contributed by atoms with Crippen molar-refractivity contribution in [2.24, 2.45) is 28.6 Å². The number of hydrogen-bond acceptors (Lipinski definition) is 8. The molecule has 8 nitrogen and oxygen atoms in total. The molecule has 0 aromatic heterocycles. The summed E-state index contributed by atoms with van der Waals surface area (Å²) in [5.74, 6) is -7.14. The Morgan fingerprint density at radius 2 is 1.42 bits per heavy atom. The molecule has 5 fully saturated rings. The Balaban J connectivity index is 1.45. The van der Waals surface area contributed by atoms with Crippen molar-refractivity contribution in [1.82, 2.24) is 0 Å². The van der Waals surface area contributed by atoms with Crippen molar-refractivity contribution >= 4 is 17.9 Å². The number of carbonyl (C=O) groups is 3. The van der Waals surface area contributed by atoms with Gasteiger partial charge in [0, 0.05) is 25.2 Å². The van der Waals surface area contributed by atoms with E-state index in [0.717, 1.165) is 0 Å². The van der Waals surface area contributed by atoms with Crippen LogP contribution < -0.4 is 0 Å². The molecule has 5 rings (SSSR count). The zero-order valence-corrected chi connectivity index (χ0v) is 21.4. The Labute approximate surface area is 216 Å². The van der Waals surface area contributed by atoms with Crippen molar-refractivity contribution in [2.45, 2.75) is 76.7 Å². The third-order valence-electron chi connectivity index (χ3n) is 8.14. The standard InChI is InChI=1S/C25H33F5O8/c1-3-18(31)34-11-22(12-35-19(32)9-24(28,29)30)13-37-25(38-14-22)16-4-15-5-17(25)8-23(6-15,7-16)20(33)36-10-21(2,26)27/h15-17H,3-14H2,1-2H3. The smallest absolute Gasteiger partial charge is 0.399 e. The molecule has 0 aromatic rings. The van der Waals surface area contributed by atoms with Crippen molar-refractivity contribution < 1.29 is 60.0 Å². The topological polar surface area (TPSA) is 97.4 Å². The second-order valence-electron chi connectivity index (χ2n) is 11.5. The van der Waals surface area contributed by atoms with E-state index in [9.17, 15) is 36.3 Å². The molecule has 13 heteroatoms. The minimum absolute atomic E-state index is 0.0727. The molecule has 4 saturated carbocycles. The molecule has 0 radical (unpaired) electrons. The summed E-state index contributed by atoms with van der Waals surface area (Å²) < 4.78 is 92.1. The Kier molecular flexibility index (Phi) is 7.76. The highest BCUT2D eigenvalue weighted by Crippen LogP contribution is 2.66. The van der Waals surface area contributed by atoms with Gasteiger partial charge in [-0.15, -0.1) is 0 Å². The molecule has 2 unspecified atom stereocenters. The molecule has 1 spiro atoms. The minimum atomic E-state index is -4.73. The van der Waals surface area contributed by atoms with E-state index in [1.807, 2.05) is 0 Å². The van der Waals surface area contributed by atoms with Crippen molar-refractivity contribution in [1.29, 1.82) is 0 Å². The summed E-state index contributed by atoms with van der Waals surface area (Å²) in [6.45, 7) is 0.267. The first-order valence-corrected chi connectivity index (χ1v) is 12.8. The lowest BCUT2D eigenvalue weighted by molar-refractivity contribution is -0.391. The maximum Gasteiger partial charge on any atom is 0.399 e. The maximum absolute atomic E-state index is 13.3. The van der Waals surface area contributed by atoms with E-state index < -0.39 is 66.3 Å². The van der Waals surface area contributed by atoms with Gasteiger partial charge >= 0.3 is 24.1 Å². The Morgan fingerprint density at radius 1 is 0.868 bits per heavy atom. The molecule has 0 aromatic carbocycles. The molecular weight excluding hydrogens is 523 g/mol. The number of alkyl halides is 5. The normalized spacial score (nSPS) is 36.2. The first kappa shape index (κ1) is 29.0. The fraction of sp³-hybridized carbons (Fsp3) is 0.880. The van der Waals surface area contributed by atoms with Crippen LogP contribution in [0.2, 0.25) is 0 Å². The largest absolute Gasteiger partial charge is 0.465 e.